The first kappa shape index (κ1) is 20.0. The van der Waals surface area contributed by atoms with E-state index < -0.39 is 6.04 Å². The zero-order valence-electron chi connectivity index (χ0n) is 12.3. The first-order valence-corrected chi connectivity index (χ1v) is 6.95. The number of unbranched alkanes of at least 4 members (excludes halogenated alkanes) is 2. The predicted octanol–water partition coefficient (Wildman–Crippen LogP) is 3.54. The number of hydrogen-bond donors (Lipinski definition) is 1. The van der Waals surface area contributed by atoms with Gasteiger partial charge in [0, 0.05) is 0 Å². The fourth-order valence-electron chi connectivity index (χ4n) is 1.63. The summed E-state index contributed by atoms with van der Waals surface area (Å²) in [4.78, 5) is 11.6. The lowest BCUT2D eigenvalue weighted by Gasteiger charge is -2.18. The Kier molecular flexibility index (Phi) is 13.1. The molecular formula is C14H30ClNO2. The average Bonchev–Trinajstić information content (AvgIpc) is 2.34. The van der Waals surface area contributed by atoms with Crippen molar-refractivity contribution in [3.8, 4) is 0 Å². The zero-order valence-corrected chi connectivity index (χ0v) is 13.1. The van der Waals surface area contributed by atoms with Crippen molar-refractivity contribution in [3.05, 3.63) is 0 Å². The van der Waals surface area contributed by atoms with Crippen LogP contribution in [0.3, 0.4) is 0 Å². The van der Waals surface area contributed by atoms with Crippen molar-refractivity contribution >= 4 is 18.4 Å². The van der Waals surface area contributed by atoms with E-state index in [2.05, 4.69) is 13.8 Å². The number of esters is 1. The van der Waals surface area contributed by atoms with Crippen molar-refractivity contribution in [3.63, 3.8) is 0 Å². The summed E-state index contributed by atoms with van der Waals surface area (Å²) in [5.74, 6) is 0.384. The zero-order chi connectivity index (χ0) is 13.3. The summed E-state index contributed by atoms with van der Waals surface area (Å²) in [6.45, 7) is 8.84. The maximum Gasteiger partial charge on any atom is 0.323 e. The van der Waals surface area contributed by atoms with Crippen LogP contribution in [0.15, 0.2) is 0 Å². The number of ether oxygens (including phenoxy) is 1. The summed E-state index contributed by atoms with van der Waals surface area (Å²) in [7, 11) is 0. The van der Waals surface area contributed by atoms with Crippen LogP contribution in [0.25, 0.3) is 0 Å². The third-order valence-electron chi connectivity index (χ3n) is 3.34. The van der Waals surface area contributed by atoms with E-state index in [1.54, 1.807) is 0 Å². The lowest BCUT2D eigenvalue weighted by Crippen LogP contribution is -2.38. The molecule has 0 aliphatic heterocycles. The topological polar surface area (TPSA) is 52.3 Å². The largest absolute Gasteiger partial charge is 0.464 e. The predicted molar refractivity (Wildman–Crippen MR) is 78.9 cm³/mol. The molecule has 0 aromatic heterocycles. The fourth-order valence-corrected chi connectivity index (χ4v) is 1.63. The Bertz CT molecular complexity index is 212. The molecule has 4 heteroatoms. The van der Waals surface area contributed by atoms with Gasteiger partial charge in [0.2, 0.25) is 0 Å². The molecule has 0 aliphatic carbocycles. The van der Waals surface area contributed by atoms with Crippen LogP contribution in [0.4, 0.5) is 0 Å². The number of rotatable bonds is 9. The van der Waals surface area contributed by atoms with Crippen molar-refractivity contribution in [2.45, 2.75) is 65.8 Å². The summed E-state index contributed by atoms with van der Waals surface area (Å²) in [5, 5.41) is 0. The molecule has 0 amide bonds. The summed E-state index contributed by atoms with van der Waals surface area (Å²) < 4.78 is 5.26. The van der Waals surface area contributed by atoms with Crippen LogP contribution in [0, 0.1) is 11.8 Å². The highest BCUT2D eigenvalue weighted by atomic mass is 35.5. The minimum atomic E-state index is -0.470. The molecule has 2 N–H and O–H groups in total. The maximum atomic E-state index is 11.6. The van der Waals surface area contributed by atoms with Gasteiger partial charge in [0.25, 0.3) is 0 Å². The molecule has 0 saturated carbocycles. The fraction of sp³-hybridized carbons (Fsp3) is 0.929. The Hall–Kier alpha value is -0.280. The Balaban J connectivity index is 0. The van der Waals surface area contributed by atoms with E-state index >= 15 is 0 Å². The number of carbonyl (C=O) groups is 1. The third kappa shape index (κ3) is 8.76. The van der Waals surface area contributed by atoms with E-state index in [0.717, 1.165) is 12.8 Å². The maximum absolute atomic E-state index is 11.6. The standard InChI is InChI=1S/C14H29NO2.ClH/c1-5-7-8-9-11(3)10-17-14(16)13(15)12(4)6-2;/h11-13H,5-10,15H2,1-4H3;1H/t11?,12-,13-;/m0./s1. The molecule has 0 heterocycles. The number of halogens is 1. The minimum Gasteiger partial charge on any atom is -0.464 e. The SMILES string of the molecule is CCCCCC(C)COC(=O)[C@@H](N)[C@@H](C)CC.Cl. The van der Waals surface area contributed by atoms with E-state index in [4.69, 9.17) is 10.5 Å². The second kappa shape index (κ2) is 11.8. The van der Waals surface area contributed by atoms with Gasteiger partial charge in [0.05, 0.1) is 6.61 Å². The average molecular weight is 280 g/mol. The van der Waals surface area contributed by atoms with E-state index in [1.807, 2.05) is 13.8 Å². The van der Waals surface area contributed by atoms with E-state index in [-0.39, 0.29) is 24.3 Å². The monoisotopic (exact) mass is 279 g/mol. The van der Waals surface area contributed by atoms with Gasteiger partial charge in [0.1, 0.15) is 6.04 Å². The van der Waals surface area contributed by atoms with Crippen molar-refractivity contribution in [1.82, 2.24) is 0 Å². The molecule has 0 fully saturated rings. The normalized spacial score (nSPS) is 15.4. The summed E-state index contributed by atoms with van der Waals surface area (Å²) in [6, 6.07) is -0.470. The van der Waals surface area contributed by atoms with Gasteiger partial charge in [-0.25, -0.2) is 0 Å². The molecule has 0 aromatic rings. The van der Waals surface area contributed by atoms with E-state index in [0.29, 0.717) is 12.5 Å². The second-order valence-electron chi connectivity index (χ2n) is 5.14. The van der Waals surface area contributed by atoms with Crippen molar-refractivity contribution in [1.29, 1.82) is 0 Å². The molecule has 0 spiro atoms. The lowest BCUT2D eigenvalue weighted by molar-refractivity contribution is -0.147. The Morgan fingerprint density at radius 2 is 1.83 bits per heavy atom. The van der Waals surface area contributed by atoms with Crippen LogP contribution in [-0.4, -0.2) is 18.6 Å². The Labute approximate surface area is 118 Å². The molecule has 1 unspecified atom stereocenters. The van der Waals surface area contributed by atoms with Gasteiger partial charge >= 0.3 is 5.97 Å². The van der Waals surface area contributed by atoms with Gasteiger partial charge in [-0.2, -0.15) is 0 Å². The molecular weight excluding hydrogens is 250 g/mol. The lowest BCUT2D eigenvalue weighted by atomic mass is 10.0. The first-order chi connectivity index (χ1) is 8.02. The molecule has 0 saturated heterocycles. The first-order valence-electron chi connectivity index (χ1n) is 6.95. The summed E-state index contributed by atoms with van der Waals surface area (Å²) in [6.07, 6.45) is 5.73. The molecule has 0 bridgehead atoms. The van der Waals surface area contributed by atoms with Gasteiger partial charge in [-0.15, -0.1) is 12.4 Å². The highest BCUT2D eigenvalue weighted by molar-refractivity contribution is 5.85. The Morgan fingerprint density at radius 1 is 1.22 bits per heavy atom. The highest BCUT2D eigenvalue weighted by Crippen LogP contribution is 2.11. The second-order valence-corrected chi connectivity index (χ2v) is 5.14. The Morgan fingerprint density at radius 3 is 2.33 bits per heavy atom. The van der Waals surface area contributed by atoms with Gasteiger partial charge in [-0.05, 0) is 18.3 Å². The van der Waals surface area contributed by atoms with Crippen LogP contribution in [-0.2, 0) is 9.53 Å². The molecule has 3 atom stereocenters. The van der Waals surface area contributed by atoms with Gasteiger partial charge in [-0.3, -0.25) is 4.79 Å². The van der Waals surface area contributed by atoms with Crippen molar-refractivity contribution in [2.75, 3.05) is 6.61 Å². The van der Waals surface area contributed by atoms with Gasteiger partial charge in [0.15, 0.2) is 0 Å². The summed E-state index contributed by atoms with van der Waals surface area (Å²) >= 11 is 0. The molecule has 0 rings (SSSR count). The highest BCUT2D eigenvalue weighted by Gasteiger charge is 2.21. The number of hydrogen-bond acceptors (Lipinski definition) is 3. The molecule has 0 radical (unpaired) electrons. The number of nitrogens with two attached hydrogens (primary N) is 1. The smallest absolute Gasteiger partial charge is 0.323 e. The van der Waals surface area contributed by atoms with Gasteiger partial charge in [-0.1, -0.05) is 53.4 Å². The quantitative estimate of drug-likeness (QED) is 0.519. The molecule has 3 nitrogen and oxygen atoms in total. The van der Waals surface area contributed by atoms with E-state index in [1.165, 1.54) is 19.3 Å². The van der Waals surface area contributed by atoms with Gasteiger partial charge < -0.3 is 10.5 Å². The molecule has 0 aromatic carbocycles. The van der Waals surface area contributed by atoms with Crippen LogP contribution in [0.1, 0.15) is 59.8 Å². The molecule has 18 heavy (non-hydrogen) atoms. The summed E-state index contributed by atoms with van der Waals surface area (Å²) in [5.41, 5.74) is 5.80. The molecule has 0 aliphatic rings. The molecule has 110 valence electrons. The van der Waals surface area contributed by atoms with Crippen LogP contribution >= 0.6 is 12.4 Å². The van der Waals surface area contributed by atoms with Crippen molar-refractivity contribution < 1.29 is 9.53 Å². The van der Waals surface area contributed by atoms with Crippen molar-refractivity contribution in [2.24, 2.45) is 17.6 Å². The minimum absolute atomic E-state index is 0. The number of carbonyl (C=O) groups excluding carboxylic acids is 1. The van der Waals surface area contributed by atoms with Crippen LogP contribution < -0.4 is 5.73 Å². The van der Waals surface area contributed by atoms with E-state index in [9.17, 15) is 4.79 Å². The van der Waals surface area contributed by atoms with Crippen LogP contribution in [0.2, 0.25) is 0 Å². The van der Waals surface area contributed by atoms with Crippen LogP contribution in [0.5, 0.6) is 0 Å². The third-order valence-corrected chi connectivity index (χ3v) is 3.34.